The zero-order chi connectivity index (χ0) is 20.0. The van der Waals surface area contributed by atoms with Crippen molar-refractivity contribution in [1.82, 2.24) is 0 Å². The summed E-state index contributed by atoms with van der Waals surface area (Å²) >= 11 is 7.05. The minimum Gasteiger partial charge on any atom is -0.481 e. The monoisotopic (exact) mass is 494 g/mol. The van der Waals surface area contributed by atoms with Crippen LogP contribution in [0.3, 0.4) is 0 Å². The van der Waals surface area contributed by atoms with Crippen molar-refractivity contribution in [2.24, 2.45) is 5.41 Å². The average molecular weight is 496 g/mol. The fourth-order valence-corrected chi connectivity index (χ4v) is 4.86. The van der Waals surface area contributed by atoms with E-state index in [1.165, 1.54) is 0 Å². The highest BCUT2D eigenvalue weighted by atomic mass is 79.9. The van der Waals surface area contributed by atoms with Crippen molar-refractivity contribution in [2.45, 2.75) is 38.5 Å². The Kier molecular flexibility index (Phi) is 5.25. The minimum atomic E-state index is -1.01. The number of carboxylic acid groups (broad SMARTS) is 2. The summed E-state index contributed by atoms with van der Waals surface area (Å²) in [6, 6.07) is 12.0. The molecule has 0 bridgehead atoms. The van der Waals surface area contributed by atoms with E-state index < -0.39 is 22.8 Å². The molecule has 0 amide bonds. The Bertz CT molecular complexity index is 882. The summed E-state index contributed by atoms with van der Waals surface area (Å²) in [6.07, 6.45) is 0.620. The van der Waals surface area contributed by atoms with Crippen molar-refractivity contribution in [3.63, 3.8) is 0 Å². The molecular formula is C21H20Br2O4. The first kappa shape index (κ1) is 20.1. The van der Waals surface area contributed by atoms with Gasteiger partial charge in [0.15, 0.2) is 0 Å². The van der Waals surface area contributed by atoms with Crippen molar-refractivity contribution in [3.8, 4) is 11.1 Å². The van der Waals surface area contributed by atoms with E-state index in [2.05, 4.69) is 31.9 Å². The molecule has 0 saturated heterocycles. The highest BCUT2D eigenvalue weighted by Crippen LogP contribution is 2.56. The van der Waals surface area contributed by atoms with Gasteiger partial charge >= 0.3 is 11.9 Å². The minimum absolute atomic E-state index is 0.0341. The molecule has 1 aliphatic carbocycles. The number of carboxylic acids is 2. The molecule has 2 aromatic rings. The van der Waals surface area contributed by atoms with Gasteiger partial charge in [-0.15, -0.1) is 0 Å². The van der Waals surface area contributed by atoms with Crippen molar-refractivity contribution < 1.29 is 19.8 Å². The Morgan fingerprint density at radius 3 is 1.85 bits per heavy atom. The molecule has 0 fully saturated rings. The van der Waals surface area contributed by atoms with E-state index >= 15 is 0 Å². The summed E-state index contributed by atoms with van der Waals surface area (Å²) in [5, 5.41) is 19.1. The summed E-state index contributed by atoms with van der Waals surface area (Å²) in [5.41, 5.74) is 2.35. The molecule has 0 atom stereocenters. The summed E-state index contributed by atoms with van der Waals surface area (Å²) in [4.78, 5) is 23.3. The number of hydrogen-bond donors (Lipinski definition) is 2. The second-order valence-electron chi connectivity index (χ2n) is 7.72. The molecule has 0 heterocycles. The van der Waals surface area contributed by atoms with Crippen LogP contribution in [0.4, 0.5) is 0 Å². The number of aliphatic carboxylic acids is 2. The predicted molar refractivity (Wildman–Crippen MR) is 111 cm³/mol. The number of benzene rings is 2. The van der Waals surface area contributed by atoms with Crippen LogP contribution in [0.2, 0.25) is 0 Å². The van der Waals surface area contributed by atoms with Crippen LogP contribution in [0, 0.1) is 5.41 Å². The van der Waals surface area contributed by atoms with Crippen LogP contribution in [0.15, 0.2) is 45.3 Å². The maximum atomic E-state index is 11.9. The zero-order valence-corrected chi connectivity index (χ0v) is 18.2. The van der Waals surface area contributed by atoms with Gasteiger partial charge in [-0.2, -0.15) is 0 Å². The van der Waals surface area contributed by atoms with Gasteiger partial charge in [-0.25, -0.2) is 0 Å². The quantitative estimate of drug-likeness (QED) is 0.527. The fourth-order valence-electron chi connectivity index (χ4n) is 4.14. The lowest BCUT2D eigenvalue weighted by molar-refractivity contribution is -0.148. The summed E-state index contributed by atoms with van der Waals surface area (Å²) in [7, 11) is 0. The lowest BCUT2D eigenvalue weighted by Gasteiger charge is -2.37. The van der Waals surface area contributed by atoms with Gasteiger partial charge in [0.25, 0.3) is 0 Å². The molecule has 0 unspecified atom stereocenters. The van der Waals surface area contributed by atoms with Crippen LogP contribution in [0.1, 0.15) is 44.2 Å². The van der Waals surface area contributed by atoms with E-state index in [1.807, 2.05) is 36.4 Å². The second-order valence-corrected chi connectivity index (χ2v) is 9.55. The Hall–Kier alpha value is -1.66. The van der Waals surface area contributed by atoms with Crippen molar-refractivity contribution >= 4 is 43.8 Å². The maximum absolute atomic E-state index is 11.9. The van der Waals surface area contributed by atoms with Gasteiger partial charge in [-0.05, 0) is 73.2 Å². The molecule has 2 aromatic carbocycles. The topological polar surface area (TPSA) is 74.6 Å². The third-order valence-corrected chi connectivity index (χ3v) is 6.36. The molecule has 0 aliphatic heterocycles. The first-order chi connectivity index (χ1) is 12.6. The van der Waals surface area contributed by atoms with E-state index in [0.717, 1.165) is 31.2 Å². The van der Waals surface area contributed by atoms with Gasteiger partial charge in [0.1, 0.15) is 0 Å². The molecule has 0 saturated carbocycles. The summed E-state index contributed by atoms with van der Waals surface area (Å²) in [5.74, 6) is -1.78. The molecule has 4 nitrogen and oxygen atoms in total. The molecule has 0 aromatic heterocycles. The molecule has 2 N–H and O–H groups in total. The van der Waals surface area contributed by atoms with E-state index in [0.29, 0.717) is 12.8 Å². The Morgan fingerprint density at radius 2 is 1.44 bits per heavy atom. The van der Waals surface area contributed by atoms with Crippen molar-refractivity contribution in [2.75, 3.05) is 0 Å². The lowest BCUT2D eigenvalue weighted by Crippen LogP contribution is -2.37. The standard InChI is InChI=1S/C21H20Br2O4/c1-20(2,19(26)27)11-21(8-7-18(24)25)16-9-12(22)3-5-14(16)15-6-4-13(23)10-17(15)21/h3-6,9-10H,7-8,11H2,1-2H3,(H,24,25)(H,26,27). The Morgan fingerprint density at radius 1 is 0.963 bits per heavy atom. The first-order valence-electron chi connectivity index (χ1n) is 8.62. The smallest absolute Gasteiger partial charge is 0.309 e. The normalized spacial score (nSPS) is 14.5. The zero-order valence-electron chi connectivity index (χ0n) is 15.1. The van der Waals surface area contributed by atoms with Gasteiger partial charge in [0.2, 0.25) is 0 Å². The van der Waals surface area contributed by atoms with Crippen LogP contribution in [-0.2, 0) is 15.0 Å². The van der Waals surface area contributed by atoms with Crippen LogP contribution >= 0.6 is 31.9 Å². The lowest BCUT2D eigenvalue weighted by atomic mass is 9.65. The number of hydrogen-bond acceptors (Lipinski definition) is 2. The third-order valence-electron chi connectivity index (χ3n) is 5.37. The van der Waals surface area contributed by atoms with Crippen molar-refractivity contribution in [3.05, 3.63) is 56.5 Å². The average Bonchev–Trinajstić information content (AvgIpc) is 2.82. The summed E-state index contributed by atoms with van der Waals surface area (Å²) < 4.78 is 1.78. The van der Waals surface area contributed by atoms with Gasteiger partial charge in [-0.1, -0.05) is 44.0 Å². The Labute approximate surface area is 174 Å². The maximum Gasteiger partial charge on any atom is 0.309 e. The van der Waals surface area contributed by atoms with E-state index in [1.54, 1.807) is 13.8 Å². The van der Waals surface area contributed by atoms with Crippen molar-refractivity contribution in [1.29, 1.82) is 0 Å². The first-order valence-corrected chi connectivity index (χ1v) is 10.2. The fraction of sp³-hybridized carbons (Fsp3) is 0.333. The highest BCUT2D eigenvalue weighted by molar-refractivity contribution is 9.10. The van der Waals surface area contributed by atoms with Gasteiger partial charge < -0.3 is 10.2 Å². The molecule has 0 spiro atoms. The van der Waals surface area contributed by atoms with Gasteiger partial charge in [0, 0.05) is 20.8 Å². The number of halogens is 2. The highest BCUT2D eigenvalue weighted by Gasteiger charge is 2.48. The molecule has 0 radical (unpaired) electrons. The van der Waals surface area contributed by atoms with E-state index in [4.69, 9.17) is 0 Å². The molecule has 27 heavy (non-hydrogen) atoms. The number of carbonyl (C=O) groups is 2. The van der Waals surface area contributed by atoms with Gasteiger partial charge in [-0.3, -0.25) is 9.59 Å². The van der Waals surface area contributed by atoms with Gasteiger partial charge in [0.05, 0.1) is 5.41 Å². The molecule has 142 valence electrons. The molecular weight excluding hydrogens is 476 g/mol. The summed E-state index contributed by atoms with van der Waals surface area (Å²) in [6.45, 7) is 3.40. The predicted octanol–water partition coefficient (Wildman–Crippen LogP) is 5.84. The number of rotatable bonds is 6. The number of fused-ring (bicyclic) bond motifs is 3. The molecule has 1 aliphatic rings. The van der Waals surface area contributed by atoms with Crippen LogP contribution in [-0.4, -0.2) is 22.2 Å². The SMILES string of the molecule is CC(C)(CC1(CCC(=O)O)c2cc(Br)ccc2-c2ccc(Br)cc21)C(=O)O. The van der Waals surface area contributed by atoms with E-state index in [9.17, 15) is 19.8 Å². The molecule has 6 heteroatoms. The van der Waals surface area contributed by atoms with Crippen LogP contribution < -0.4 is 0 Å². The van der Waals surface area contributed by atoms with Crippen LogP contribution in [0.25, 0.3) is 11.1 Å². The second kappa shape index (κ2) is 7.06. The van der Waals surface area contributed by atoms with Crippen LogP contribution in [0.5, 0.6) is 0 Å². The van der Waals surface area contributed by atoms with E-state index in [-0.39, 0.29) is 6.42 Å². The Balaban J connectivity index is 2.30. The third kappa shape index (κ3) is 3.57. The molecule has 3 rings (SSSR count). The largest absolute Gasteiger partial charge is 0.481 e.